The highest BCUT2D eigenvalue weighted by Gasteiger charge is 2.36. The fourth-order valence-electron chi connectivity index (χ4n) is 2.60. The second kappa shape index (κ2) is 10.3. The lowest BCUT2D eigenvalue weighted by molar-refractivity contribution is -0.147. The molecule has 0 bridgehead atoms. The Hall–Kier alpha value is -2.11. The van der Waals surface area contributed by atoms with Gasteiger partial charge in [0.2, 0.25) is 0 Å². The van der Waals surface area contributed by atoms with Gasteiger partial charge in [-0.3, -0.25) is 19.1 Å². The van der Waals surface area contributed by atoms with Gasteiger partial charge in [-0.2, -0.15) is 0 Å². The number of ether oxygens (including phenoxy) is 3. The van der Waals surface area contributed by atoms with E-state index in [1.165, 1.54) is 21.8 Å². The third kappa shape index (κ3) is 6.99. The molecule has 166 valence electrons. The summed E-state index contributed by atoms with van der Waals surface area (Å²) in [6.07, 6.45) is 0.978. The van der Waals surface area contributed by atoms with E-state index in [1.807, 2.05) is 0 Å². The van der Waals surface area contributed by atoms with Crippen LogP contribution < -0.4 is 16.6 Å². The van der Waals surface area contributed by atoms with Gasteiger partial charge in [-0.05, 0) is 31.8 Å². The third-order valence-electron chi connectivity index (χ3n) is 3.89. The quantitative estimate of drug-likeness (QED) is 0.443. The molecule has 0 spiro atoms. The molecule has 0 unspecified atom stereocenters. The number of hydrogen-bond donors (Lipinski definition) is 2. The van der Waals surface area contributed by atoms with Gasteiger partial charge in [-0.15, -0.1) is 11.6 Å². The highest BCUT2D eigenvalue weighted by Crippen LogP contribution is 2.31. The highest BCUT2D eigenvalue weighted by molar-refractivity contribution is 9.11. The molecule has 1 aromatic heterocycles. The molecule has 30 heavy (non-hydrogen) atoms. The van der Waals surface area contributed by atoms with Crippen LogP contribution >= 0.6 is 27.5 Å². The van der Waals surface area contributed by atoms with E-state index in [0.717, 1.165) is 0 Å². The Bertz CT molecular complexity index is 922. The maximum Gasteiger partial charge on any atom is 0.408 e. The number of esters is 1. The van der Waals surface area contributed by atoms with E-state index in [4.69, 9.17) is 25.8 Å². The number of rotatable bonds is 6. The summed E-state index contributed by atoms with van der Waals surface area (Å²) in [6.45, 7) is 4.57. The molecular formula is C18H23BrClN3O7. The molecule has 0 aliphatic carbocycles. The Labute approximate surface area is 185 Å². The molecule has 2 N–H and O–H groups in total. The minimum atomic E-state index is -0.738. The molecule has 1 fully saturated rings. The summed E-state index contributed by atoms with van der Waals surface area (Å²) in [5.74, 6) is -0.692. The number of amides is 1. The van der Waals surface area contributed by atoms with Crippen molar-refractivity contribution in [2.24, 2.45) is 0 Å². The number of alkyl carbamates (subject to hydrolysis) is 1. The number of hydrogen-bond acceptors (Lipinski definition) is 7. The molecule has 1 amide bonds. The van der Waals surface area contributed by atoms with Gasteiger partial charge >= 0.3 is 17.8 Å². The molecule has 3 atom stereocenters. The second-order valence-corrected chi connectivity index (χ2v) is 8.55. The first-order valence-electron chi connectivity index (χ1n) is 9.04. The molecule has 0 saturated carbocycles. The zero-order valence-electron chi connectivity index (χ0n) is 16.6. The predicted octanol–water partition coefficient (Wildman–Crippen LogP) is 1.86. The Morgan fingerprint density at radius 3 is 2.77 bits per heavy atom. The molecule has 0 radical (unpaired) electrons. The van der Waals surface area contributed by atoms with Crippen molar-refractivity contribution >= 4 is 45.7 Å². The maximum absolute atomic E-state index is 12.1. The van der Waals surface area contributed by atoms with Gasteiger partial charge in [0, 0.05) is 12.6 Å². The molecule has 2 heterocycles. The van der Waals surface area contributed by atoms with Gasteiger partial charge < -0.3 is 19.5 Å². The molecule has 1 aliphatic heterocycles. The fourth-order valence-corrected chi connectivity index (χ4v) is 3.17. The van der Waals surface area contributed by atoms with Crippen molar-refractivity contribution in [2.45, 2.75) is 50.5 Å². The van der Waals surface area contributed by atoms with Gasteiger partial charge in [0.15, 0.2) is 0 Å². The van der Waals surface area contributed by atoms with E-state index < -0.39 is 46.6 Å². The smallest absolute Gasteiger partial charge is 0.408 e. The topological polar surface area (TPSA) is 129 Å². The Morgan fingerprint density at radius 1 is 1.43 bits per heavy atom. The predicted molar refractivity (Wildman–Crippen MR) is 113 cm³/mol. The van der Waals surface area contributed by atoms with E-state index in [1.54, 1.807) is 20.8 Å². The summed E-state index contributed by atoms with van der Waals surface area (Å²) in [7, 11) is 0. The van der Waals surface area contributed by atoms with Crippen molar-refractivity contribution in [3.63, 3.8) is 0 Å². The number of alkyl halides is 1. The molecule has 10 nitrogen and oxygen atoms in total. The van der Waals surface area contributed by atoms with E-state index in [9.17, 15) is 19.2 Å². The van der Waals surface area contributed by atoms with Crippen LogP contribution in [-0.4, -0.2) is 51.8 Å². The van der Waals surface area contributed by atoms with Gasteiger partial charge in [-0.25, -0.2) is 9.59 Å². The largest absolute Gasteiger partial charge is 0.462 e. The van der Waals surface area contributed by atoms with E-state index in [0.29, 0.717) is 0 Å². The summed E-state index contributed by atoms with van der Waals surface area (Å²) >= 11 is 9.36. The molecule has 12 heteroatoms. The van der Waals surface area contributed by atoms with E-state index >= 15 is 0 Å². The SMILES string of the molecule is CC(C)(C)OC(=O)NCC(=O)OC[C@H]1O[C@@H](n2cc(C=CBr)c(=O)[nH]c2=O)C[C@@H]1Cl. The van der Waals surface area contributed by atoms with E-state index in [2.05, 4.69) is 26.2 Å². The van der Waals surface area contributed by atoms with Gasteiger partial charge in [0.25, 0.3) is 5.56 Å². The fraction of sp³-hybridized carbons (Fsp3) is 0.556. The number of aromatic amines is 1. The number of nitrogens with one attached hydrogen (secondary N) is 2. The van der Waals surface area contributed by atoms with Crippen molar-refractivity contribution in [3.05, 3.63) is 37.6 Å². The van der Waals surface area contributed by atoms with Crippen molar-refractivity contribution in [3.8, 4) is 0 Å². The summed E-state index contributed by atoms with van der Waals surface area (Å²) in [4.78, 5) is 51.0. The monoisotopic (exact) mass is 507 g/mol. The zero-order chi connectivity index (χ0) is 22.5. The number of carbonyl (C=O) groups is 2. The maximum atomic E-state index is 12.1. The lowest BCUT2D eigenvalue weighted by atomic mass is 10.2. The van der Waals surface area contributed by atoms with Crippen LogP contribution in [0.1, 0.15) is 39.0 Å². The molecule has 1 saturated heterocycles. The molecule has 0 aromatic carbocycles. The number of H-pyrrole nitrogens is 1. The van der Waals surface area contributed by atoms with Crippen LogP contribution in [0.3, 0.4) is 0 Å². The first-order chi connectivity index (χ1) is 14.0. The molecule has 2 rings (SSSR count). The summed E-state index contributed by atoms with van der Waals surface area (Å²) in [5, 5.41) is 1.76. The highest BCUT2D eigenvalue weighted by atomic mass is 79.9. The van der Waals surface area contributed by atoms with Crippen LogP contribution in [0.2, 0.25) is 0 Å². The first-order valence-corrected chi connectivity index (χ1v) is 10.4. The Kier molecular flexibility index (Phi) is 8.27. The number of carbonyl (C=O) groups excluding carboxylic acids is 2. The van der Waals surface area contributed by atoms with Gasteiger partial charge in [0.05, 0.1) is 10.9 Å². The molecule has 1 aliphatic rings. The van der Waals surface area contributed by atoms with E-state index in [-0.39, 0.29) is 25.1 Å². The summed E-state index contributed by atoms with van der Waals surface area (Å²) < 4.78 is 17.1. The van der Waals surface area contributed by atoms with Crippen LogP contribution in [0.5, 0.6) is 0 Å². The summed E-state index contributed by atoms with van der Waals surface area (Å²) in [6, 6.07) is 0. The normalized spacial score (nSPS) is 21.6. The van der Waals surface area contributed by atoms with Crippen molar-refractivity contribution in [2.75, 3.05) is 13.2 Å². The zero-order valence-corrected chi connectivity index (χ0v) is 19.0. The number of halogens is 2. The Balaban J connectivity index is 1.91. The standard InChI is InChI=1S/C18H23BrClN3O7/c1-18(2,3)30-17(27)21-7-14(24)28-9-12-11(20)6-13(29-12)23-8-10(4-5-19)15(25)22-16(23)26/h4-5,8,11-13H,6-7,9H2,1-3H3,(H,21,27)(H,22,25,26)/t11-,12+,13+/m0/s1. The van der Waals surface area contributed by atoms with Crippen molar-refractivity contribution < 1.29 is 23.8 Å². The van der Waals surface area contributed by atoms with Crippen LogP contribution in [0.15, 0.2) is 20.8 Å². The van der Waals surface area contributed by atoms with Crippen LogP contribution in [0.25, 0.3) is 6.08 Å². The second-order valence-electron chi connectivity index (χ2n) is 7.46. The van der Waals surface area contributed by atoms with Crippen LogP contribution in [-0.2, 0) is 19.0 Å². The van der Waals surface area contributed by atoms with Crippen molar-refractivity contribution in [1.29, 1.82) is 0 Å². The average Bonchev–Trinajstić information content (AvgIpc) is 2.99. The average molecular weight is 509 g/mol. The Morgan fingerprint density at radius 2 is 2.13 bits per heavy atom. The minimum absolute atomic E-state index is 0.161. The third-order valence-corrected chi connectivity index (χ3v) is 4.62. The lowest BCUT2D eigenvalue weighted by Crippen LogP contribution is -2.37. The minimum Gasteiger partial charge on any atom is -0.462 e. The number of nitrogens with zero attached hydrogens (tertiary/aromatic N) is 1. The van der Waals surface area contributed by atoms with Gasteiger partial charge in [0.1, 0.15) is 31.1 Å². The number of aromatic nitrogens is 2. The molecule has 1 aromatic rings. The first kappa shape index (κ1) is 24.2. The molecular weight excluding hydrogens is 486 g/mol. The van der Waals surface area contributed by atoms with Crippen molar-refractivity contribution in [1.82, 2.24) is 14.9 Å². The lowest BCUT2D eigenvalue weighted by Gasteiger charge is -2.19. The van der Waals surface area contributed by atoms with Crippen LogP contribution in [0, 0.1) is 0 Å². The summed E-state index contributed by atoms with van der Waals surface area (Å²) in [5.41, 5.74) is -1.60. The van der Waals surface area contributed by atoms with Crippen LogP contribution in [0.4, 0.5) is 4.79 Å². The van der Waals surface area contributed by atoms with Gasteiger partial charge in [-0.1, -0.05) is 15.9 Å².